The van der Waals surface area contributed by atoms with Gasteiger partial charge in [-0.15, -0.1) is 0 Å². The van der Waals surface area contributed by atoms with Gasteiger partial charge in [-0.1, -0.05) is 0 Å². The summed E-state index contributed by atoms with van der Waals surface area (Å²) in [5, 5.41) is 11.0. The number of carbonyl (C=O) groups excluding carboxylic acids is 2. The lowest BCUT2D eigenvalue weighted by atomic mass is 10.00. The molecule has 1 aromatic rings. The number of likely N-dealkylation sites (tertiary alicyclic amines) is 1. The molecule has 0 unspecified atom stereocenters. The minimum atomic E-state index is -0.490. The Kier molecular flexibility index (Phi) is 6.29. The second-order valence-corrected chi connectivity index (χ2v) is 7.43. The predicted molar refractivity (Wildman–Crippen MR) is 107 cm³/mol. The minimum Gasteiger partial charge on any atom is -0.383 e. The Balaban J connectivity index is 1.99. The maximum Gasteiger partial charge on any atom is 0.277 e. The molecule has 1 saturated heterocycles. The van der Waals surface area contributed by atoms with Crippen LogP contribution in [0, 0.1) is 10.1 Å². The van der Waals surface area contributed by atoms with E-state index in [0.717, 1.165) is 25.9 Å². The number of methoxy groups -OCH3 is 1. The van der Waals surface area contributed by atoms with E-state index in [4.69, 9.17) is 4.74 Å². The number of imide groups is 1. The number of hydrogen-bond acceptors (Lipinski definition) is 7. The van der Waals surface area contributed by atoms with Crippen LogP contribution in [-0.4, -0.2) is 84.9 Å². The molecular formula is C20H26N4O5. The summed E-state index contributed by atoms with van der Waals surface area (Å²) in [4.78, 5) is 42.1. The Morgan fingerprint density at radius 2 is 1.79 bits per heavy atom. The van der Waals surface area contributed by atoms with E-state index in [0.29, 0.717) is 16.8 Å². The molecule has 3 rings (SSSR count). The summed E-state index contributed by atoms with van der Waals surface area (Å²) in [7, 11) is 5.43. The average Bonchev–Trinajstić information content (AvgIpc) is 2.96. The molecule has 2 amide bonds. The molecule has 0 atom stereocenters. The third-order valence-electron chi connectivity index (χ3n) is 5.62. The number of rotatable bonds is 7. The summed E-state index contributed by atoms with van der Waals surface area (Å²) in [6, 6.07) is 5.91. The van der Waals surface area contributed by atoms with Crippen LogP contribution in [0.25, 0.3) is 5.57 Å². The summed E-state index contributed by atoms with van der Waals surface area (Å²) in [5.74, 6) is -0.738. The first kappa shape index (κ1) is 20.9. The molecule has 2 heterocycles. The number of piperidine rings is 1. The molecule has 29 heavy (non-hydrogen) atoms. The van der Waals surface area contributed by atoms with E-state index in [1.165, 1.54) is 36.3 Å². The van der Waals surface area contributed by atoms with Gasteiger partial charge in [0.15, 0.2) is 0 Å². The molecule has 0 spiro atoms. The molecule has 9 nitrogen and oxygen atoms in total. The van der Waals surface area contributed by atoms with Gasteiger partial charge in [0.1, 0.15) is 5.70 Å². The van der Waals surface area contributed by atoms with Crippen LogP contribution in [0.1, 0.15) is 18.4 Å². The zero-order valence-electron chi connectivity index (χ0n) is 17.0. The van der Waals surface area contributed by atoms with Crippen LogP contribution in [0.4, 0.5) is 5.69 Å². The molecular weight excluding hydrogens is 376 g/mol. The van der Waals surface area contributed by atoms with Crippen LogP contribution in [-0.2, 0) is 14.3 Å². The molecule has 0 radical (unpaired) electrons. The highest BCUT2D eigenvalue weighted by Crippen LogP contribution is 2.34. The van der Waals surface area contributed by atoms with Gasteiger partial charge in [0.05, 0.1) is 23.6 Å². The summed E-state index contributed by atoms with van der Waals surface area (Å²) < 4.78 is 5.05. The molecule has 156 valence electrons. The number of likely N-dealkylation sites (N-methyl/N-ethyl adjacent to an activating group) is 1. The number of non-ortho nitro benzene ring substituents is 1. The number of hydrogen-bond donors (Lipinski definition) is 0. The molecule has 1 fully saturated rings. The molecule has 9 heteroatoms. The Bertz CT molecular complexity index is 828. The van der Waals surface area contributed by atoms with Crippen LogP contribution in [0.3, 0.4) is 0 Å². The van der Waals surface area contributed by atoms with Crippen molar-refractivity contribution in [2.24, 2.45) is 0 Å². The number of nitrogens with zero attached hydrogens (tertiary/aromatic N) is 4. The third-order valence-corrected chi connectivity index (χ3v) is 5.62. The third kappa shape index (κ3) is 4.15. The first-order valence-corrected chi connectivity index (χ1v) is 9.60. The fourth-order valence-corrected chi connectivity index (χ4v) is 3.85. The number of carbonyl (C=O) groups is 2. The zero-order valence-corrected chi connectivity index (χ0v) is 17.0. The van der Waals surface area contributed by atoms with E-state index in [1.54, 1.807) is 0 Å². The monoisotopic (exact) mass is 402 g/mol. The van der Waals surface area contributed by atoms with Gasteiger partial charge in [-0.3, -0.25) is 24.6 Å². The number of amides is 2. The average molecular weight is 402 g/mol. The molecule has 0 N–H and O–H groups in total. The first-order chi connectivity index (χ1) is 13.8. The molecule has 2 aliphatic rings. The number of benzene rings is 1. The van der Waals surface area contributed by atoms with Crippen LogP contribution in [0.5, 0.6) is 0 Å². The largest absolute Gasteiger partial charge is 0.383 e. The van der Waals surface area contributed by atoms with Gasteiger partial charge >= 0.3 is 0 Å². The standard InChI is InChI=1S/C20H26N4O5/c1-21-10-8-15(9-11-21)22(2)18-17(14-4-6-16(7-5-14)24(27)28)19(25)23(20(18)26)12-13-29-3/h4-7,15H,8-13H2,1-3H3. The van der Waals surface area contributed by atoms with Gasteiger partial charge in [-0.2, -0.15) is 0 Å². The van der Waals surface area contributed by atoms with Crippen LogP contribution in [0.2, 0.25) is 0 Å². The van der Waals surface area contributed by atoms with Crippen molar-refractivity contribution < 1.29 is 19.2 Å². The van der Waals surface area contributed by atoms with Crippen molar-refractivity contribution in [1.82, 2.24) is 14.7 Å². The van der Waals surface area contributed by atoms with Crippen molar-refractivity contribution in [3.05, 3.63) is 45.6 Å². The zero-order chi connectivity index (χ0) is 21.1. The number of ether oxygens (including phenoxy) is 1. The van der Waals surface area contributed by atoms with Gasteiger partial charge in [0.25, 0.3) is 17.5 Å². The van der Waals surface area contributed by atoms with Crippen molar-refractivity contribution in [1.29, 1.82) is 0 Å². The lowest BCUT2D eigenvalue weighted by Crippen LogP contribution is -2.44. The fraction of sp³-hybridized carbons (Fsp3) is 0.500. The first-order valence-electron chi connectivity index (χ1n) is 9.60. The number of nitro groups is 1. The lowest BCUT2D eigenvalue weighted by Gasteiger charge is -2.36. The normalized spacial score (nSPS) is 18.7. The van der Waals surface area contributed by atoms with Crippen LogP contribution in [0.15, 0.2) is 30.0 Å². The Morgan fingerprint density at radius 3 is 2.34 bits per heavy atom. The summed E-state index contributed by atoms with van der Waals surface area (Å²) in [6.07, 6.45) is 1.78. The molecule has 0 aliphatic carbocycles. The summed E-state index contributed by atoms with van der Waals surface area (Å²) in [6.45, 7) is 2.25. The van der Waals surface area contributed by atoms with Gasteiger partial charge in [0.2, 0.25) is 0 Å². The Labute approximate surface area is 169 Å². The van der Waals surface area contributed by atoms with Gasteiger partial charge in [-0.25, -0.2) is 0 Å². The van der Waals surface area contributed by atoms with Crippen LogP contribution < -0.4 is 0 Å². The Hall–Kier alpha value is -2.78. The van der Waals surface area contributed by atoms with E-state index in [1.807, 2.05) is 11.9 Å². The predicted octanol–water partition coefficient (Wildman–Crippen LogP) is 1.35. The molecule has 1 aromatic carbocycles. The lowest BCUT2D eigenvalue weighted by molar-refractivity contribution is -0.384. The minimum absolute atomic E-state index is 0.0624. The van der Waals surface area contributed by atoms with E-state index >= 15 is 0 Å². The van der Waals surface area contributed by atoms with Crippen molar-refractivity contribution >= 4 is 23.1 Å². The topological polar surface area (TPSA) is 96.2 Å². The molecule has 2 aliphatic heterocycles. The van der Waals surface area contributed by atoms with E-state index in [9.17, 15) is 19.7 Å². The highest BCUT2D eigenvalue weighted by Gasteiger charge is 2.42. The molecule has 0 aromatic heterocycles. The maximum absolute atomic E-state index is 13.2. The highest BCUT2D eigenvalue weighted by atomic mass is 16.6. The van der Waals surface area contributed by atoms with E-state index in [2.05, 4.69) is 11.9 Å². The Morgan fingerprint density at radius 1 is 1.17 bits per heavy atom. The highest BCUT2D eigenvalue weighted by molar-refractivity contribution is 6.35. The summed E-state index contributed by atoms with van der Waals surface area (Å²) >= 11 is 0. The van der Waals surface area contributed by atoms with Gasteiger partial charge < -0.3 is 14.5 Å². The van der Waals surface area contributed by atoms with Crippen molar-refractivity contribution in [2.45, 2.75) is 18.9 Å². The molecule has 0 saturated carbocycles. The number of nitro benzene ring substituents is 1. The van der Waals surface area contributed by atoms with Crippen molar-refractivity contribution in [3.63, 3.8) is 0 Å². The van der Waals surface area contributed by atoms with E-state index in [-0.39, 0.29) is 30.8 Å². The van der Waals surface area contributed by atoms with Gasteiger partial charge in [-0.05, 0) is 50.7 Å². The van der Waals surface area contributed by atoms with E-state index < -0.39 is 10.8 Å². The van der Waals surface area contributed by atoms with Crippen molar-refractivity contribution in [2.75, 3.05) is 47.4 Å². The van der Waals surface area contributed by atoms with Crippen molar-refractivity contribution in [3.8, 4) is 0 Å². The van der Waals surface area contributed by atoms with Crippen LogP contribution >= 0.6 is 0 Å². The quantitative estimate of drug-likeness (QED) is 0.386. The van der Waals surface area contributed by atoms with Gasteiger partial charge in [0, 0.05) is 32.3 Å². The smallest absolute Gasteiger partial charge is 0.277 e. The second kappa shape index (κ2) is 8.71. The second-order valence-electron chi connectivity index (χ2n) is 7.43. The maximum atomic E-state index is 13.2. The SMILES string of the molecule is COCCN1C(=O)C(c2ccc([N+](=O)[O-])cc2)=C(N(C)C2CCN(C)CC2)C1=O. The fourth-order valence-electron chi connectivity index (χ4n) is 3.85. The molecule has 0 bridgehead atoms. The summed E-state index contributed by atoms with van der Waals surface area (Å²) in [5.41, 5.74) is 1.09.